The molecule has 0 amide bonds. The number of carbonyl (C=O) groups is 1. The van der Waals surface area contributed by atoms with Gasteiger partial charge < -0.3 is 19.4 Å². The summed E-state index contributed by atoms with van der Waals surface area (Å²) in [6.45, 7) is 3.08. The largest absolute Gasteiger partial charge is 0.634 e. The maximum atomic E-state index is 10.3. The van der Waals surface area contributed by atoms with Crippen molar-refractivity contribution in [3.8, 4) is 0 Å². The lowest BCUT2D eigenvalue weighted by Crippen LogP contribution is -2.20. The van der Waals surface area contributed by atoms with Crippen LogP contribution in [0.2, 0.25) is 0 Å². The lowest BCUT2D eigenvalue weighted by molar-refractivity contribution is -0.138. The van der Waals surface area contributed by atoms with Crippen LogP contribution < -0.4 is 0 Å². The minimum Gasteiger partial charge on any atom is -0.460 e. The summed E-state index contributed by atoms with van der Waals surface area (Å²) in [6, 6.07) is 0. The fourth-order valence-corrected chi connectivity index (χ4v) is 0.355. The van der Waals surface area contributed by atoms with Gasteiger partial charge in [0.25, 0.3) is 0 Å². The number of esters is 1. The topological polar surface area (TPSA) is 76.0 Å². The first-order valence-corrected chi connectivity index (χ1v) is 2.93. The molecular weight excluding hydrogens is 151 g/mol. The molecule has 0 aliphatic carbocycles. The van der Waals surface area contributed by atoms with E-state index in [4.69, 9.17) is 10.0 Å². The Bertz CT molecular complexity index is 135. The Labute approximate surface area is 64.4 Å². The Morgan fingerprint density at radius 2 is 2.18 bits per heavy atom. The molecule has 6 heteroatoms. The lowest BCUT2D eigenvalue weighted by atomic mass is 10.3. The van der Waals surface area contributed by atoms with Gasteiger partial charge in [0.1, 0.15) is 6.61 Å². The monoisotopic (exact) mass is 160 g/mol. The molecule has 0 saturated heterocycles. The molecule has 11 heavy (non-hydrogen) atoms. The van der Waals surface area contributed by atoms with Crippen molar-refractivity contribution in [1.82, 2.24) is 0 Å². The predicted molar refractivity (Wildman–Crippen MR) is 37.3 cm³/mol. The molecule has 0 spiro atoms. The summed E-state index contributed by atoms with van der Waals surface area (Å²) in [5.74, 6) is -0.568. The third-order valence-electron chi connectivity index (χ3n) is 0.761. The normalized spacial score (nSPS) is 8.91. The van der Waals surface area contributed by atoms with E-state index < -0.39 is 13.3 Å². The highest BCUT2D eigenvalue weighted by Gasteiger charge is 2.07. The molecule has 0 atom stereocenters. The third-order valence-corrected chi connectivity index (χ3v) is 0.761. The van der Waals surface area contributed by atoms with E-state index >= 15 is 0 Å². The molecule has 0 fully saturated rings. The second-order valence-corrected chi connectivity index (χ2v) is 1.57. The SMILES string of the molecule is C=CC(=O)OCCOB(O)O. The number of ether oxygens (including phenoxy) is 1. The summed E-state index contributed by atoms with van der Waals surface area (Å²) < 4.78 is 8.67. The van der Waals surface area contributed by atoms with Crippen LogP contribution in [-0.2, 0) is 14.2 Å². The van der Waals surface area contributed by atoms with E-state index in [0.29, 0.717) is 0 Å². The van der Waals surface area contributed by atoms with Gasteiger partial charge in [0.2, 0.25) is 0 Å². The van der Waals surface area contributed by atoms with Crippen molar-refractivity contribution in [1.29, 1.82) is 0 Å². The average molecular weight is 160 g/mol. The number of hydrogen-bond donors (Lipinski definition) is 2. The van der Waals surface area contributed by atoms with Crippen molar-refractivity contribution >= 4 is 13.3 Å². The second kappa shape index (κ2) is 5.90. The van der Waals surface area contributed by atoms with Crippen LogP contribution >= 0.6 is 0 Å². The zero-order valence-electron chi connectivity index (χ0n) is 5.90. The van der Waals surface area contributed by atoms with E-state index in [2.05, 4.69) is 16.0 Å². The fourth-order valence-electron chi connectivity index (χ4n) is 0.355. The molecule has 0 aliphatic rings. The maximum Gasteiger partial charge on any atom is 0.634 e. The van der Waals surface area contributed by atoms with Gasteiger partial charge in [0.05, 0.1) is 6.61 Å². The number of carbonyl (C=O) groups excluding carboxylic acids is 1. The zero-order valence-corrected chi connectivity index (χ0v) is 5.90. The molecular formula is C5H9BO5. The smallest absolute Gasteiger partial charge is 0.460 e. The van der Waals surface area contributed by atoms with Crippen LogP contribution in [0, 0.1) is 0 Å². The molecule has 0 aromatic carbocycles. The van der Waals surface area contributed by atoms with E-state index in [1.165, 1.54) is 0 Å². The molecule has 2 N–H and O–H groups in total. The van der Waals surface area contributed by atoms with Gasteiger partial charge in [-0.2, -0.15) is 0 Å². The van der Waals surface area contributed by atoms with Gasteiger partial charge in [-0.3, -0.25) is 0 Å². The summed E-state index contributed by atoms with van der Waals surface area (Å²) in [7, 11) is -1.82. The highest BCUT2D eigenvalue weighted by Crippen LogP contribution is 1.81. The number of hydrogen-bond acceptors (Lipinski definition) is 5. The summed E-state index contributed by atoms with van der Waals surface area (Å²) in [6.07, 6.45) is 1.01. The molecule has 0 aromatic heterocycles. The van der Waals surface area contributed by atoms with E-state index in [0.717, 1.165) is 6.08 Å². The van der Waals surface area contributed by atoms with Crippen molar-refractivity contribution in [3.63, 3.8) is 0 Å². The Kier molecular flexibility index (Phi) is 5.45. The molecule has 0 radical (unpaired) electrons. The highest BCUT2D eigenvalue weighted by molar-refractivity contribution is 6.32. The van der Waals surface area contributed by atoms with Crippen LogP contribution in [0.1, 0.15) is 0 Å². The summed E-state index contributed by atoms with van der Waals surface area (Å²) >= 11 is 0. The first kappa shape index (κ1) is 10.2. The lowest BCUT2D eigenvalue weighted by Gasteiger charge is -2.01. The van der Waals surface area contributed by atoms with Crippen molar-refractivity contribution in [2.75, 3.05) is 13.2 Å². The molecule has 62 valence electrons. The molecule has 0 heterocycles. The molecule has 0 aromatic rings. The van der Waals surface area contributed by atoms with Gasteiger partial charge in [0.15, 0.2) is 0 Å². The van der Waals surface area contributed by atoms with E-state index in [-0.39, 0.29) is 13.2 Å². The molecule has 0 aliphatic heterocycles. The van der Waals surface area contributed by atoms with Gasteiger partial charge in [-0.05, 0) is 0 Å². The average Bonchev–Trinajstić information content (AvgIpc) is 1.97. The van der Waals surface area contributed by atoms with Crippen LogP contribution in [0.15, 0.2) is 12.7 Å². The predicted octanol–water partition coefficient (Wildman–Crippen LogP) is -1.30. The molecule has 0 unspecified atom stereocenters. The van der Waals surface area contributed by atoms with Crippen LogP contribution in [0.4, 0.5) is 0 Å². The first-order valence-electron chi connectivity index (χ1n) is 2.93. The van der Waals surface area contributed by atoms with Crippen molar-refractivity contribution in [2.24, 2.45) is 0 Å². The Balaban J connectivity index is 3.14. The van der Waals surface area contributed by atoms with Crippen molar-refractivity contribution in [3.05, 3.63) is 12.7 Å². The Hall–Kier alpha value is -0.845. The summed E-state index contributed by atoms with van der Waals surface area (Å²) in [5, 5.41) is 16.3. The highest BCUT2D eigenvalue weighted by atomic mass is 16.6. The van der Waals surface area contributed by atoms with E-state index in [1.807, 2.05) is 0 Å². The van der Waals surface area contributed by atoms with Crippen molar-refractivity contribution < 1.29 is 24.2 Å². The zero-order chi connectivity index (χ0) is 8.69. The Morgan fingerprint density at radius 1 is 1.55 bits per heavy atom. The van der Waals surface area contributed by atoms with E-state index in [1.54, 1.807) is 0 Å². The van der Waals surface area contributed by atoms with Crippen LogP contribution in [0.3, 0.4) is 0 Å². The maximum absolute atomic E-state index is 10.3. The van der Waals surface area contributed by atoms with Crippen LogP contribution in [-0.4, -0.2) is 36.6 Å². The standard InChI is InChI=1S/C5H9BO5/c1-2-5(7)10-3-4-11-6(8)9/h2,8-9H,1,3-4H2. The van der Waals surface area contributed by atoms with Crippen LogP contribution in [0.25, 0.3) is 0 Å². The van der Waals surface area contributed by atoms with Gasteiger partial charge in [-0.25, -0.2) is 4.79 Å². The molecule has 0 saturated carbocycles. The van der Waals surface area contributed by atoms with Crippen LogP contribution in [0.5, 0.6) is 0 Å². The Morgan fingerprint density at radius 3 is 2.64 bits per heavy atom. The van der Waals surface area contributed by atoms with Gasteiger partial charge >= 0.3 is 13.3 Å². The van der Waals surface area contributed by atoms with Gasteiger partial charge in [0, 0.05) is 6.08 Å². The second-order valence-electron chi connectivity index (χ2n) is 1.57. The van der Waals surface area contributed by atoms with Crippen molar-refractivity contribution in [2.45, 2.75) is 0 Å². The minimum absolute atomic E-state index is 0.0253. The molecule has 0 rings (SSSR count). The van der Waals surface area contributed by atoms with E-state index in [9.17, 15) is 4.79 Å². The van der Waals surface area contributed by atoms with Gasteiger partial charge in [-0.15, -0.1) is 0 Å². The minimum atomic E-state index is -1.82. The molecule has 0 bridgehead atoms. The molecule has 5 nitrogen and oxygen atoms in total. The first-order chi connectivity index (χ1) is 5.16. The summed E-state index contributed by atoms with van der Waals surface area (Å²) in [5.41, 5.74) is 0. The third kappa shape index (κ3) is 7.05. The summed E-state index contributed by atoms with van der Waals surface area (Å²) in [4.78, 5) is 10.3. The quantitative estimate of drug-likeness (QED) is 0.226. The van der Waals surface area contributed by atoms with Gasteiger partial charge in [-0.1, -0.05) is 6.58 Å². The number of rotatable bonds is 5. The fraction of sp³-hybridized carbons (Fsp3) is 0.400.